The number of hydrogen-bond donors (Lipinski definition) is 0. The van der Waals surface area contributed by atoms with Gasteiger partial charge in [-0.2, -0.15) is 18.2 Å². The summed E-state index contributed by atoms with van der Waals surface area (Å²) in [6.07, 6.45) is -2.83. The van der Waals surface area contributed by atoms with Gasteiger partial charge in [-0.05, 0) is 35.6 Å². The van der Waals surface area contributed by atoms with Gasteiger partial charge < -0.3 is 9.64 Å². The first-order valence-corrected chi connectivity index (χ1v) is 9.74. The minimum absolute atomic E-state index is 0.107. The van der Waals surface area contributed by atoms with E-state index >= 15 is 0 Å². The molecule has 0 spiro atoms. The molecule has 1 heterocycles. The second-order valence-corrected chi connectivity index (χ2v) is 7.12. The number of alkyl halides is 3. The molecule has 0 aliphatic rings. The number of aromatic nitrogens is 2. The maximum absolute atomic E-state index is 13.6. The zero-order valence-corrected chi connectivity index (χ0v) is 17.1. The van der Waals surface area contributed by atoms with Gasteiger partial charge in [-0.15, -0.1) is 0 Å². The van der Waals surface area contributed by atoms with Crippen LogP contribution in [0.1, 0.15) is 42.9 Å². The number of anilines is 2. The van der Waals surface area contributed by atoms with Crippen molar-refractivity contribution in [1.29, 1.82) is 0 Å². The molecule has 1 atom stereocenters. The van der Waals surface area contributed by atoms with Gasteiger partial charge in [-0.25, -0.2) is 4.98 Å². The summed E-state index contributed by atoms with van der Waals surface area (Å²) in [5.74, 6) is 0.129. The van der Waals surface area contributed by atoms with Gasteiger partial charge in [0.15, 0.2) is 5.82 Å². The molecule has 0 fully saturated rings. The second kappa shape index (κ2) is 9.15. The molecule has 1 unspecified atom stereocenters. The summed E-state index contributed by atoms with van der Waals surface area (Å²) in [6.45, 7) is 4.37. The second-order valence-electron chi connectivity index (χ2n) is 7.12. The number of rotatable bonds is 7. The number of nitrogens with zero attached hydrogens (tertiary/aromatic N) is 3. The first-order chi connectivity index (χ1) is 14.3. The largest absolute Gasteiger partial charge is 0.459 e. The van der Waals surface area contributed by atoms with E-state index in [2.05, 4.69) is 23.8 Å². The lowest BCUT2D eigenvalue weighted by molar-refractivity contribution is -0.137. The highest BCUT2D eigenvalue weighted by Crippen LogP contribution is 2.38. The summed E-state index contributed by atoms with van der Waals surface area (Å²) in [4.78, 5) is 9.25. The Balaban J connectivity index is 1.89. The Bertz CT molecular complexity index is 960. The van der Waals surface area contributed by atoms with E-state index in [1.165, 1.54) is 4.90 Å². The lowest BCUT2D eigenvalue weighted by atomic mass is 9.98. The van der Waals surface area contributed by atoms with Crippen LogP contribution < -0.4 is 9.64 Å². The van der Waals surface area contributed by atoms with Gasteiger partial charge in [0, 0.05) is 18.9 Å². The van der Waals surface area contributed by atoms with Crippen molar-refractivity contribution in [2.24, 2.45) is 0 Å². The fourth-order valence-electron chi connectivity index (χ4n) is 2.99. The maximum Gasteiger partial charge on any atom is 0.421 e. The number of hydrogen-bond acceptors (Lipinski definition) is 4. The smallest absolute Gasteiger partial charge is 0.421 e. The van der Waals surface area contributed by atoms with Crippen LogP contribution in [0.15, 0.2) is 60.8 Å². The van der Waals surface area contributed by atoms with E-state index < -0.39 is 11.7 Å². The highest BCUT2D eigenvalue weighted by molar-refractivity contribution is 5.63. The molecule has 0 radical (unpaired) electrons. The minimum atomic E-state index is -4.59. The van der Waals surface area contributed by atoms with Crippen LogP contribution in [0.3, 0.4) is 0 Å². The number of benzene rings is 2. The zero-order valence-electron chi connectivity index (χ0n) is 17.1. The molecule has 0 bridgehead atoms. The van der Waals surface area contributed by atoms with Gasteiger partial charge in [0.1, 0.15) is 12.2 Å². The van der Waals surface area contributed by atoms with Crippen molar-refractivity contribution in [3.63, 3.8) is 0 Å². The SMILES string of the molecule is CCC(C)c1ccc(N(C)c2nc(OCc3ccccc3)ncc2C(F)(F)F)cc1. The van der Waals surface area contributed by atoms with Crippen molar-refractivity contribution in [2.75, 3.05) is 11.9 Å². The number of halogens is 3. The van der Waals surface area contributed by atoms with Crippen molar-refractivity contribution in [3.05, 3.63) is 77.5 Å². The van der Waals surface area contributed by atoms with E-state index in [4.69, 9.17) is 4.74 Å². The van der Waals surface area contributed by atoms with Gasteiger partial charge in [0.25, 0.3) is 0 Å². The first-order valence-electron chi connectivity index (χ1n) is 9.74. The summed E-state index contributed by atoms with van der Waals surface area (Å²) < 4.78 is 46.3. The van der Waals surface area contributed by atoms with E-state index in [1.54, 1.807) is 19.2 Å². The molecule has 0 aliphatic carbocycles. The average Bonchev–Trinajstić information content (AvgIpc) is 2.76. The summed E-state index contributed by atoms with van der Waals surface area (Å²) >= 11 is 0. The Morgan fingerprint density at radius 2 is 1.70 bits per heavy atom. The molecule has 30 heavy (non-hydrogen) atoms. The first kappa shape index (κ1) is 21.6. The molecule has 0 amide bonds. The Labute approximate surface area is 174 Å². The van der Waals surface area contributed by atoms with Crippen LogP contribution in [-0.2, 0) is 12.8 Å². The predicted octanol–water partition coefficient (Wildman–Crippen LogP) is 6.36. The fraction of sp³-hybridized carbons (Fsp3) is 0.304. The Morgan fingerprint density at radius 3 is 2.30 bits per heavy atom. The molecule has 0 N–H and O–H groups in total. The van der Waals surface area contributed by atoms with Gasteiger partial charge in [-0.3, -0.25) is 0 Å². The van der Waals surface area contributed by atoms with E-state index in [9.17, 15) is 13.2 Å². The van der Waals surface area contributed by atoms with Crippen LogP contribution in [0.4, 0.5) is 24.7 Å². The zero-order chi connectivity index (χ0) is 21.7. The van der Waals surface area contributed by atoms with Crippen LogP contribution in [0, 0.1) is 0 Å². The third-order valence-electron chi connectivity index (χ3n) is 5.04. The van der Waals surface area contributed by atoms with Crippen molar-refractivity contribution in [1.82, 2.24) is 9.97 Å². The average molecular weight is 415 g/mol. The van der Waals surface area contributed by atoms with Crippen LogP contribution in [0.2, 0.25) is 0 Å². The number of ether oxygens (including phenoxy) is 1. The van der Waals surface area contributed by atoms with E-state index in [0.717, 1.165) is 23.7 Å². The Kier molecular flexibility index (Phi) is 6.59. The van der Waals surface area contributed by atoms with Gasteiger partial charge in [0.05, 0.1) is 0 Å². The van der Waals surface area contributed by atoms with Crippen molar-refractivity contribution in [3.8, 4) is 6.01 Å². The highest BCUT2D eigenvalue weighted by Gasteiger charge is 2.36. The van der Waals surface area contributed by atoms with Crippen molar-refractivity contribution >= 4 is 11.5 Å². The Hall–Kier alpha value is -3.09. The predicted molar refractivity (Wildman–Crippen MR) is 111 cm³/mol. The molecule has 3 aromatic rings. The standard InChI is InChI=1S/C23H24F3N3O/c1-4-16(2)18-10-12-19(13-11-18)29(3)21-20(23(24,25)26)14-27-22(28-21)30-15-17-8-6-5-7-9-17/h5-14,16H,4,15H2,1-3H3. The maximum atomic E-state index is 13.6. The minimum Gasteiger partial charge on any atom is -0.459 e. The third-order valence-corrected chi connectivity index (χ3v) is 5.04. The van der Waals surface area contributed by atoms with Crippen molar-refractivity contribution < 1.29 is 17.9 Å². The summed E-state index contributed by atoms with van der Waals surface area (Å²) in [5.41, 5.74) is 1.69. The quantitative estimate of drug-likeness (QED) is 0.450. The van der Waals surface area contributed by atoms with Crippen molar-refractivity contribution in [2.45, 2.75) is 39.0 Å². The molecular formula is C23H24F3N3O. The van der Waals surface area contributed by atoms with Crippen LogP contribution in [-0.4, -0.2) is 17.0 Å². The highest BCUT2D eigenvalue weighted by atomic mass is 19.4. The van der Waals surface area contributed by atoms with Crippen LogP contribution in [0.25, 0.3) is 0 Å². The topological polar surface area (TPSA) is 38.2 Å². The van der Waals surface area contributed by atoms with Crippen LogP contribution >= 0.6 is 0 Å². The molecule has 1 aromatic heterocycles. The summed E-state index contributed by atoms with van der Waals surface area (Å²) in [5, 5.41) is 0. The monoisotopic (exact) mass is 415 g/mol. The normalized spacial score (nSPS) is 12.5. The molecule has 0 saturated heterocycles. The molecule has 3 rings (SSSR count). The molecule has 7 heteroatoms. The lowest BCUT2D eigenvalue weighted by Gasteiger charge is -2.23. The van der Waals surface area contributed by atoms with Gasteiger partial charge in [0.2, 0.25) is 0 Å². The van der Waals surface area contributed by atoms with Crippen LogP contribution in [0.5, 0.6) is 6.01 Å². The molecule has 0 aliphatic heterocycles. The fourth-order valence-corrected chi connectivity index (χ4v) is 2.99. The lowest BCUT2D eigenvalue weighted by Crippen LogP contribution is -2.19. The van der Waals surface area contributed by atoms with E-state index in [0.29, 0.717) is 11.6 Å². The molecule has 4 nitrogen and oxygen atoms in total. The summed E-state index contributed by atoms with van der Waals surface area (Å²) in [7, 11) is 1.55. The van der Waals surface area contributed by atoms with Gasteiger partial charge in [-0.1, -0.05) is 56.3 Å². The van der Waals surface area contributed by atoms with E-state index in [-0.39, 0.29) is 18.4 Å². The molecule has 158 valence electrons. The third kappa shape index (κ3) is 5.09. The molecule has 0 saturated carbocycles. The Morgan fingerprint density at radius 1 is 1.03 bits per heavy atom. The molecule has 2 aromatic carbocycles. The molecular weight excluding hydrogens is 391 g/mol. The van der Waals surface area contributed by atoms with E-state index in [1.807, 2.05) is 42.5 Å². The summed E-state index contributed by atoms with van der Waals surface area (Å²) in [6, 6.07) is 16.7. The van der Waals surface area contributed by atoms with Gasteiger partial charge >= 0.3 is 12.2 Å².